The summed E-state index contributed by atoms with van der Waals surface area (Å²) in [5, 5.41) is 4.39. The molecule has 1 aromatic carbocycles. The minimum atomic E-state index is 0. The van der Waals surface area contributed by atoms with Gasteiger partial charge in [0.15, 0.2) is 0 Å². The van der Waals surface area contributed by atoms with Gasteiger partial charge in [-0.2, -0.15) is 0 Å². The Balaban J connectivity index is 0.00000243. The van der Waals surface area contributed by atoms with Gasteiger partial charge in [-0.3, -0.25) is 4.79 Å². The van der Waals surface area contributed by atoms with Crippen molar-refractivity contribution in [2.45, 2.75) is 38.7 Å². The first kappa shape index (κ1) is 21.6. The predicted molar refractivity (Wildman–Crippen MR) is 109 cm³/mol. The summed E-state index contributed by atoms with van der Waals surface area (Å²) in [6.45, 7) is 5.79. The van der Waals surface area contributed by atoms with Crippen LogP contribution in [0.4, 0.5) is 0 Å². The summed E-state index contributed by atoms with van der Waals surface area (Å²) >= 11 is 12.0. The molecular weight excluding hydrogens is 395 g/mol. The molecule has 2 atom stereocenters. The van der Waals surface area contributed by atoms with Crippen LogP contribution in [0.3, 0.4) is 0 Å². The van der Waals surface area contributed by atoms with Crippen LogP contribution < -0.4 is 10.1 Å². The van der Waals surface area contributed by atoms with Crippen LogP contribution in [0.2, 0.25) is 10.0 Å². The Morgan fingerprint density at radius 1 is 1.27 bits per heavy atom. The molecular formula is C19H27Cl3N2O2. The van der Waals surface area contributed by atoms with Gasteiger partial charge in [0.05, 0.1) is 16.6 Å². The summed E-state index contributed by atoms with van der Waals surface area (Å²) in [5.74, 6) is 2.07. The van der Waals surface area contributed by atoms with Gasteiger partial charge in [-0.1, -0.05) is 30.1 Å². The first-order valence-electron chi connectivity index (χ1n) is 9.13. The number of benzene rings is 1. The lowest BCUT2D eigenvalue weighted by Gasteiger charge is -2.29. The van der Waals surface area contributed by atoms with Gasteiger partial charge in [-0.15, -0.1) is 12.4 Å². The maximum atomic E-state index is 12.6. The van der Waals surface area contributed by atoms with E-state index < -0.39 is 0 Å². The van der Waals surface area contributed by atoms with Crippen LogP contribution in [-0.2, 0) is 4.79 Å². The number of hydrogen-bond donors (Lipinski definition) is 1. The van der Waals surface area contributed by atoms with Crippen LogP contribution in [0.5, 0.6) is 5.75 Å². The van der Waals surface area contributed by atoms with E-state index in [1.165, 1.54) is 12.8 Å². The summed E-state index contributed by atoms with van der Waals surface area (Å²) in [6.07, 6.45) is 3.88. The van der Waals surface area contributed by atoms with Crippen molar-refractivity contribution < 1.29 is 9.53 Å². The average Bonchev–Trinajstić information content (AvgIpc) is 3.07. The zero-order valence-electron chi connectivity index (χ0n) is 15.0. The van der Waals surface area contributed by atoms with Gasteiger partial charge < -0.3 is 15.0 Å². The topological polar surface area (TPSA) is 41.6 Å². The van der Waals surface area contributed by atoms with Crippen molar-refractivity contribution in [3.05, 3.63) is 28.2 Å². The van der Waals surface area contributed by atoms with Crippen LogP contribution in [0.15, 0.2) is 18.2 Å². The highest BCUT2D eigenvalue weighted by molar-refractivity contribution is 6.42. The first-order valence-corrected chi connectivity index (χ1v) is 9.88. The number of hydrogen-bond acceptors (Lipinski definition) is 3. The van der Waals surface area contributed by atoms with E-state index in [1.807, 2.05) is 11.0 Å². The Bertz CT molecular complexity index is 608. The number of nitrogens with zero attached hydrogens (tertiary/aromatic N) is 1. The smallest absolute Gasteiger partial charge is 0.222 e. The molecule has 146 valence electrons. The Kier molecular flexibility index (Phi) is 8.34. The summed E-state index contributed by atoms with van der Waals surface area (Å²) in [5.41, 5.74) is 0. The van der Waals surface area contributed by atoms with E-state index in [9.17, 15) is 4.79 Å². The van der Waals surface area contributed by atoms with Crippen LogP contribution in [0.1, 0.15) is 32.6 Å². The minimum absolute atomic E-state index is 0. The molecule has 2 aliphatic heterocycles. The van der Waals surface area contributed by atoms with E-state index in [1.54, 1.807) is 12.1 Å². The Hall–Kier alpha value is -0.680. The highest BCUT2D eigenvalue weighted by Crippen LogP contribution is 2.29. The van der Waals surface area contributed by atoms with E-state index in [2.05, 4.69) is 12.2 Å². The molecule has 1 aromatic rings. The van der Waals surface area contributed by atoms with Gasteiger partial charge >= 0.3 is 0 Å². The zero-order valence-corrected chi connectivity index (χ0v) is 17.4. The van der Waals surface area contributed by atoms with Crippen molar-refractivity contribution in [2.75, 3.05) is 26.2 Å². The molecule has 1 amide bonds. The second-order valence-corrected chi connectivity index (χ2v) is 8.03. The first-order chi connectivity index (χ1) is 12.0. The predicted octanol–water partition coefficient (Wildman–Crippen LogP) is 4.42. The third-order valence-corrected chi connectivity index (χ3v) is 6.12. The van der Waals surface area contributed by atoms with E-state index in [-0.39, 0.29) is 24.4 Å². The molecule has 2 fully saturated rings. The molecule has 0 saturated carbocycles. The molecule has 0 aliphatic carbocycles. The fourth-order valence-electron chi connectivity index (χ4n) is 3.78. The molecule has 1 N–H and O–H groups in total. The number of piperidine rings is 1. The van der Waals surface area contributed by atoms with E-state index >= 15 is 0 Å². The number of halogens is 3. The highest BCUT2D eigenvalue weighted by atomic mass is 35.5. The van der Waals surface area contributed by atoms with Crippen molar-refractivity contribution in [3.63, 3.8) is 0 Å². The summed E-state index contributed by atoms with van der Waals surface area (Å²) in [7, 11) is 0. The zero-order chi connectivity index (χ0) is 17.8. The van der Waals surface area contributed by atoms with Crippen LogP contribution in [0.25, 0.3) is 0 Å². The molecule has 4 nitrogen and oxygen atoms in total. The molecule has 2 saturated heterocycles. The largest absolute Gasteiger partial charge is 0.488 e. The normalized spacial score (nSPS) is 22.0. The lowest BCUT2D eigenvalue weighted by atomic mass is 9.84. The van der Waals surface area contributed by atoms with Crippen LogP contribution in [-0.4, -0.2) is 43.1 Å². The van der Waals surface area contributed by atoms with Gasteiger partial charge in [0.1, 0.15) is 11.9 Å². The van der Waals surface area contributed by atoms with E-state index in [0.29, 0.717) is 40.6 Å². The third kappa shape index (κ3) is 5.66. The summed E-state index contributed by atoms with van der Waals surface area (Å²) in [6, 6.07) is 5.28. The van der Waals surface area contributed by atoms with Gasteiger partial charge in [0.25, 0.3) is 0 Å². The minimum Gasteiger partial charge on any atom is -0.488 e. The molecule has 0 radical (unpaired) electrons. The Morgan fingerprint density at radius 3 is 2.69 bits per heavy atom. The number of likely N-dealkylation sites (tertiary alicyclic amines) is 1. The number of nitrogens with one attached hydrogen (secondary N) is 1. The van der Waals surface area contributed by atoms with Crippen molar-refractivity contribution >= 4 is 41.5 Å². The Labute approximate surface area is 172 Å². The average molecular weight is 422 g/mol. The lowest BCUT2D eigenvalue weighted by Crippen LogP contribution is -2.35. The van der Waals surface area contributed by atoms with Crippen LogP contribution in [0, 0.1) is 11.8 Å². The van der Waals surface area contributed by atoms with Gasteiger partial charge in [-0.25, -0.2) is 0 Å². The molecule has 0 aromatic heterocycles. The van der Waals surface area contributed by atoms with Crippen molar-refractivity contribution in [3.8, 4) is 5.75 Å². The fraction of sp³-hybridized carbons (Fsp3) is 0.632. The number of carbonyl (C=O) groups excluding carboxylic acids is 1. The standard InChI is InChI=1S/C19H26Cl2N2O2.ClH/c1-13(14-4-7-22-8-5-14)10-19(24)23-9-6-16(12-23)25-15-2-3-17(20)18(21)11-15;/h2-3,11,13-14,16,22H,4-10,12H2,1H3;1H. The number of amides is 1. The fourth-order valence-corrected chi connectivity index (χ4v) is 4.07. The van der Waals surface area contributed by atoms with E-state index in [4.69, 9.17) is 27.9 Å². The number of rotatable bonds is 5. The highest BCUT2D eigenvalue weighted by Gasteiger charge is 2.30. The lowest BCUT2D eigenvalue weighted by molar-refractivity contribution is -0.131. The molecule has 7 heteroatoms. The molecule has 3 rings (SSSR count). The molecule has 2 heterocycles. The third-order valence-electron chi connectivity index (χ3n) is 5.38. The number of ether oxygens (including phenoxy) is 1. The summed E-state index contributed by atoms with van der Waals surface area (Å²) in [4.78, 5) is 14.6. The Morgan fingerprint density at radius 2 is 2.00 bits per heavy atom. The molecule has 0 bridgehead atoms. The molecule has 2 aliphatic rings. The maximum absolute atomic E-state index is 12.6. The van der Waals surface area contributed by atoms with Gasteiger partial charge in [0, 0.05) is 25.5 Å². The van der Waals surface area contributed by atoms with Gasteiger partial charge in [-0.05, 0) is 49.9 Å². The SMILES string of the molecule is CC(CC(=O)N1CCC(Oc2ccc(Cl)c(Cl)c2)C1)C1CCNCC1.Cl. The molecule has 26 heavy (non-hydrogen) atoms. The van der Waals surface area contributed by atoms with Crippen molar-refractivity contribution in [1.29, 1.82) is 0 Å². The second kappa shape index (κ2) is 10.0. The maximum Gasteiger partial charge on any atom is 0.222 e. The second-order valence-electron chi connectivity index (χ2n) is 7.21. The van der Waals surface area contributed by atoms with Crippen molar-refractivity contribution in [2.24, 2.45) is 11.8 Å². The molecule has 0 spiro atoms. The molecule has 2 unspecified atom stereocenters. The van der Waals surface area contributed by atoms with Crippen LogP contribution >= 0.6 is 35.6 Å². The van der Waals surface area contributed by atoms with E-state index in [0.717, 1.165) is 26.1 Å². The monoisotopic (exact) mass is 420 g/mol. The summed E-state index contributed by atoms with van der Waals surface area (Å²) < 4.78 is 5.97. The quantitative estimate of drug-likeness (QED) is 0.765. The van der Waals surface area contributed by atoms with Gasteiger partial charge in [0.2, 0.25) is 5.91 Å². The van der Waals surface area contributed by atoms with Crippen molar-refractivity contribution in [1.82, 2.24) is 10.2 Å². The number of carbonyl (C=O) groups is 1.